The van der Waals surface area contributed by atoms with Crippen LogP contribution >= 0.6 is 0 Å². The van der Waals surface area contributed by atoms with Crippen molar-refractivity contribution in [3.63, 3.8) is 0 Å². The first kappa shape index (κ1) is 14.3. The van der Waals surface area contributed by atoms with E-state index >= 15 is 0 Å². The Bertz CT molecular complexity index is 553. The Kier molecular flexibility index (Phi) is 4.36. The summed E-state index contributed by atoms with van der Waals surface area (Å²) in [5.74, 6) is 0.190. The highest BCUT2D eigenvalue weighted by Crippen LogP contribution is 2.26. The van der Waals surface area contributed by atoms with E-state index in [-0.39, 0.29) is 11.8 Å². The van der Waals surface area contributed by atoms with Crippen molar-refractivity contribution in [1.29, 1.82) is 0 Å². The topological polar surface area (TPSA) is 41.6 Å². The monoisotopic (exact) mass is 286 g/mol. The third-order valence-corrected chi connectivity index (χ3v) is 4.34. The Morgan fingerprint density at radius 3 is 3.05 bits per heavy atom. The molecule has 3 rings (SSSR count). The van der Waals surface area contributed by atoms with Crippen LogP contribution in [-0.2, 0) is 16.1 Å². The Labute approximate surface area is 125 Å². The van der Waals surface area contributed by atoms with Gasteiger partial charge in [0.05, 0.1) is 12.5 Å². The van der Waals surface area contributed by atoms with E-state index in [4.69, 9.17) is 4.74 Å². The molecule has 1 amide bonds. The molecule has 1 unspecified atom stereocenters. The minimum atomic E-state index is -0.0488. The Morgan fingerprint density at radius 1 is 1.43 bits per heavy atom. The zero-order chi connectivity index (χ0) is 14.7. The molecule has 1 atom stereocenters. The number of benzene rings is 1. The summed E-state index contributed by atoms with van der Waals surface area (Å²) in [6, 6.07) is 8.26. The molecule has 4 heteroatoms. The summed E-state index contributed by atoms with van der Waals surface area (Å²) in [4.78, 5) is 14.8. The van der Waals surface area contributed by atoms with Crippen LogP contribution in [0, 0.1) is 0 Å². The summed E-state index contributed by atoms with van der Waals surface area (Å²) in [6.45, 7) is 3.78. The second-order valence-electron chi connectivity index (χ2n) is 5.71. The van der Waals surface area contributed by atoms with E-state index in [1.165, 1.54) is 16.7 Å². The van der Waals surface area contributed by atoms with Crippen molar-refractivity contribution >= 4 is 5.91 Å². The minimum Gasteiger partial charge on any atom is -0.380 e. The molecule has 0 saturated heterocycles. The second kappa shape index (κ2) is 6.41. The number of hydrogen-bond acceptors (Lipinski definition) is 3. The number of carbonyl (C=O) groups is 1. The van der Waals surface area contributed by atoms with Gasteiger partial charge in [-0.15, -0.1) is 0 Å². The van der Waals surface area contributed by atoms with Gasteiger partial charge in [-0.3, -0.25) is 4.79 Å². The molecule has 0 aliphatic carbocycles. The number of fused-ring (bicyclic) bond motifs is 1. The van der Waals surface area contributed by atoms with Gasteiger partial charge in [0.1, 0.15) is 0 Å². The lowest BCUT2D eigenvalue weighted by Gasteiger charge is -2.33. The van der Waals surface area contributed by atoms with Crippen LogP contribution in [0.1, 0.15) is 23.5 Å². The van der Waals surface area contributed by atoms with E-state index in [1.54, 1.807) is 7.11 Å². The number of hydrogen-bond donors (Lipinski definition) is 1. The second-order valence-corrected chi connectivity index (χ2v) is 5.71. The van der Waals surface area contributed by atoms with Crippen molar-refractivity contribution in [2.45, 2.75) is 18.9 Å². The van der Waals surface area contributed by atoms with Gasteiger partial charge in [-0.1, -0.05) is 30.3 Å². The summed E-state index contributed by atoms with van der Waals surface area (Å²) >= 11 is 0. The molecule has 0 radical (unpaired) electrons. The number of amides is 1. The molecule has 1 aromatic rings. The highest BCUT2D eigenvalue weighted by atomic mass is 16.5. The lowest BCUT2D eigenvalue weighted by atomic mass is 9.89. The SMILES string of the molecule is COCC1=CCN(C(=O)C2CNCc3ccccc32)CC1. The van der Waals surface area contributed by atoms with E-state index in [0.29, 0.717) is 13.2 Å². The van der Waals surface area contributed by atoms with Crippen molar-refractivity contribution in [2.24, 2.45) is 0 Å². The van der Waals surface area contributed by atoms with Crippen molar-refractivity contribution in [1.82, 2.24) is 10.2 Å². The number of ether oxygens (including phenoxy) is 1. The predicted molar refractivity (Wildman–Crippen MR) is 82.0 cm³/mol. The fourth-order valence-electron chi connectivity index (χ4n) is 3.16. The van der Waals surface area contributed by atoms with Gasteiger partial charge in [-0.25, -0.2) is 0 Å². The largest absolute Gasteiger partial charge is 0.380 e. The lowest BCUT2D eigenvalue weighted by molar-refractivity contribution is -0.132. The number of nitrogens with one attached hydrogen (secondary N) is 1. The zero-order valence-corrected chi connectivity index (χ0v) is 12.5. The molecule has 0 spiro atoms. The first-order chi connectivity index (χ1) is 10.3. The Hall–Kier alpha value is -1.65. The fourth-order valence-corrected chi connectivity index (χ4v) is 3.16. The number of rotatable bonds is 3. The van der Waals surface area contributed by atoms with Gasteiger partial charge in [0, 0.05) is 33.3 Å². The van der Waals surface area contributed by atoms with Gasteiger partial charge in [-0.2, -0.15) is 0 Å². The van der Waals surface area contributed by atoms with E-state index in [9.17, 15) is 4.79 Å². The summed E-state index contributed by atoms with van der Waals surface area (Å²) in [7, 11) is 1.71. The number of nitrogens with zero attached hydrogens (tertiary/aromatic N) is 1. The molecule has 1 aromatic carbocycles. The molecule has 21 heavy (non-hydrogen) atoms. The first-order valence-corrected chi connectivity index (χ1v) is 7.53. The predicted octanol–water partition coefficient (Wildman–Crippen LogP) is 1.68. The van der Waals surface area contributed by atoms with Crippen LogP contribution < -0.4 is 5.32 Å². The number of methoxy groups -OCH3 is 1. The van der Waals surface area contributed by atoms with E-state index in [2.05, 4.69) is 23.5 Å². The van der Waals surface area contributed by atoms with Gasteiger partial charge < -0.3 is 15.0 Å². The third-order valence-electron chi connectivity index (χ3n) is 4.34. The third kappa shape index (κ3) is 3.01. The van der Waals surface area contributed by atoms with Gasteiger partial charge in [0.2, 0.25) is 5.91 Å². The van der Waals surface area contributed by atoms with Gasteiger partial charge >= 0.3 is 0 Å². The molecule has 4 nitrogen and oxygen atoms in total. The standard InChI is InChI=1S/C17H22N2O2/c1-21-12-13-6-8-19(9-7-13)17(20)16-11-18-10-14-4-2-3-5-15(14)16/h2-6,16,18H,7-12H2,1H3. The summed E-state index contributed by atoms with van der Waals surface area (Å²) in [5.41, 5.74) is 3.73. The van der Waals surface area contributed by atoms with Gasteiger partial charge in [0.15, 0.2) is 0 Å². The average molecular weight is 286 g/mol. The minimum absolute atomic E-state index is 0.0488. The summed E-state index contributed by atoms with van der Waals surface area (Å²) < 4.78 is 5.16. The molecule has 2 aliphatic heterocycles. The van der Waals surface area contributed by atoms with Crippen LogP contribution in [0.15, 0.2) is 35.9 Å². The highest BCUT2D eigenvalue weighted by Gasteiger charge is 2.30. The maximum absolute atomic E-state index is 12.8. The molecule has 0 saturated carbocycles. The van der Waals surface area contributed by atoms with E-state index < -0.39 is 0 Å². The maximum atomic E-state index is 12.8. The Morgan fingerprint density at radius 2 is 2.29 bits per heavy atom. The maximum Gasteiger partial charge on any atom is 0.231 e. The van der Waals surface area contributed by atoms with Crippen molar-refractivity contribution in [3.05, 3.63) is 47.0 Å². The smallest absolute Gasteiger partial charge is 0.231 e. The fraction of sp³-hybridized carbons (Fsp3) is 0.471. The van der Waals surface area contributed by atoms with E-state index in [1.807, 2.05) is 17.0 Å². The average Bonchev–Trinajstić information content (AvgIpc) is 2.55. The quantitative estimate of drug-likeness (QED) is 0.860. The van der Waals surface area contributed by atoms with Crippen LogP contribution in [0.4, 0.5) is 0 Å². The van der Waals surface area contributed by atoms with Crippen molar-refractivity contribution in [3.8, 4) is 0 Å². The van der Waals surface area contributed by atoms with E-state index in [0.717, 1.165) is 26.1 Å². The first-order valence-electron chi connectivity index (χ1n) is 7.53. The highest BCUT2D eigenvalue weighted by molar-refractivity contribution is 5.85. The van der Waals surface area contributed by atoms with Crippen LogP contribution in [0.3, 0.4) is 0 Å². The summed E-state index contributed by atoms with van der Waals surface area (Å²) in [5, 5.41) is 3.36. The van der Waals surface area contributed by atoms with Crippen LogP contribution in [0.25, 0.3) is 0 Å². The molecule has 0 aromatic heterocycles. The lowest BCUT2D eigenvalue weighted by Crippen LogP contribution is -2.43. The Balaban J connectivity index is 1.73. The normalized spacial score (nSPS) is 21.7. The van der Waals surface area contributed by atoms with Crippen molar-refractivity contribution in [2.75, 3.05) is 33.4 Å². The van der Waals surface area contributed by atoms with Gasteiger partial charge in [-0.05, 0) is 23.1 Å². The van der Waals surface area contributed by atoms with Crippen LogP contribution in [-0.4, -0.2) is 44.2 Å². The molecule has 2 heterocycles. The molecular weight excluding hydrogens is 264 g/mol. The van der Waals surface area contributed by atoms with Crippen molar-refractivity contribution < 1.29 is 9.53 Å². The van der Waals surface area contributed by atoms with Crippen LogP contribution in [0.2, 0.25) is 0 Å². The van der Waals surface area contributed by atoms with Gasteiger partial charge in [0.25, 0.3) is 0 Å². The molecule has 2 aliphatic rings. The molecular formula is C17H22N2O2. The molecule has 112 valence electrons. The molecule has 0 bridgehead atoms. The molecule has 0 fully saturated rings. The number of carbonyl (C=O) groups excluding carboxylic acids is 1. The zero-order valence-electron chi connectivity index (χ0n) is 12.5. The molecule has 1 N–H and O–H groups in total. The van der Waals surface area contributed by atoms with Crippen LogP contribution in [0.5, 0.6) is 0 Å². The summed E-state index contributed by atoms with van der Waals surface area (Å²) in [6.07, 6.45) is 3.05.